The highest BCUT2D eigenvalue weighted by Gasteiger charge is 2.18. The van der Waals surface area contributed by atoms with Gasteiger partial charge in [-0.15, -0.1) is 0 Å². The zero-order valence-corrected chi connectivity index (χ0v) is 11.3. The number of unbranched alkanes of at least 4 members (excludes halogenated alkanes) is 1. The van der Waals surface area contributed by atoms with Crippen molar-refractivity contribution in [1.29, 1.82) is 0 Å². The fourth-order valence-corrected chi connectivity index (χ4v) is 2.14. The molecule has 17 heavy (non-hydrogen) atoms. The molecule has 0 saturated carbocycles. The maximum absolute atomic E-state index is 11.9. The second kappa shape index (κ2) is 8.48. The molecule has 0 aromatic carbocycles. The molecule has 0 bridgehead atoms. The van der Waals surface area contributed by atoms with Gasteiger partial charge in [0.2, 0.25) is 5.91 Å². The van der Waals surface area contributed by atoms with Gasteiger partial charge in [-0.3, -0.25) is 4.79 Å². The first-order chi connectivity index (χ1) is 8.20. The normalized spacial score (nSPS) is 21.2. The van der Waals surface area contributed by atoms with Crippen LogP contribution in [0.4, 0.5) is 0 Å². The van der Waals surface area contributed by atoms with Crippen molar-refractivity contribution in [3.8, 4) is 0 Å². The molecule has 1 amide bonds. The Morgan fingerprint density at radius 2 is 2.12 bits per heavy atom. The van der Waals surface area contributed by atoms with Crippen LogP contribution in [0, 0.1) is 0 Å². The minimum absolute atomic E-state index is 0.0475. The minimum Gasteiger partial charge on any atom is -0.355 e. The van der Waals surface area contributed by atoms with Crippen LogP contribution in [-0.4, -0.2) is 50.6 Å². The number of nitrogens with one attached hydrogen (secondary N) is 2. The third-order valence-electron chi connectivity index (χ3n) is 3.21. The van der Waals surface area contributed by atoms with Crippen LogP contribution in [0.2, 0.25) is 0 Å². The quantitative estimate of drug-likeness (QED) is 0.681. The van der Waals surface area contributed by atoms with E-state index in [1.165, 1.54) is 19.3 Å². The summed E-state index contributed by atoms with van der Waals surface area (Å²) in [6, 6.07) is 0.0475. The maximum Gasteiger partial charge on any atom is 0.237 e. The van der Waals surface area contributed by atoms with Crippen LogP contribution >= 0.6 is 0 Å². The Hall–Kier alpha value is -0.610. The van der Waals surface area contributed by atoms with Crippen LogP contribution in [0.1, 0.15) is 38.5 Å². The zero-order valence-electron chi connectivity index (χ0n) is 11.3. The van der Waals surface area contributed by atoms with Crippen LogP contribution in [0.5, 0.6) is 0 Å². The highest BCUT2D eigenvalue weighted by atomic mass is 16.2. The van der Waals surface area contributed by atoms with E-state index in [2.05, 4.69) is 29.6 Å². The second-order valence-electron chi connectivity index (χ2n) is 5.16. The number of amides is 1. The average Bonchev–Trinajstić information content (AvgIpc) is 2.56. The lowest BCUT2D eigenvalue weighted by Gasteiger charge is -2.15. The van der Waals surface area contributed by atoms with E-state index >= 15 is 0 Å². The topological polar surface area (TPSA) is 44.4 Å². The summed E-state index contributed by atoms with van der Waals surface area (Å²) in [6.45, 7) is 2.89. The molecule has 4 heteroatoms. The molecule has 4 nitrogen and oxygen atoms in total. The van der Waals surface area contributed by atoms with Crippen molar-refractivity contribution in [2.75, 3.05) is 33.7 Å². The molecule has 1 heterocycles. The van der Waals surface area contributed by atoms with Crippen LogP contribution in [0.15, 0.2) is 0 Å². The van der Waals surface area contributed by atoms with E-state index in [0.717, 1.165) is 38.9 Å². The lowest BCUT2D eigenvalue weighted by Crippen LogP contribution is -2.44. The largest absolute Gasteiger partial charge is 0.355 e. The van der Waals surface area contributed by atoms with Gasteiger partial charge in [0.25, 0.3) is 0 Å². The number of rotatable bonds is 6. The summed E-state index contributed by atoms with van der Waals surface area (Å²) in [7, 11) is 4.15. The second-order valence-corrected chi connectivity index (χ2v) is 5.16. The van der Waals surface area contributed by atoms with E-state index in [1.807, 2.05) is 0 Å². The van der Waals surface area contributed by atoms with E-state index in [4.69, 9.17) is 0 Å². The molecule has 1 rings (SSSR count). The molecule has 1 aliphatic heterocycles. The molecular weight excluding hydrogens is 214 g/mol. The Balaban J connectivity index is 2.07. The molecule has 0 spiro atoms. The number of hydrogen-bond acceptors (Lipinski definition) is 3. The van der Waals surface area contributed by atoms with Crippen LogP contribution < -0.4 is 10.6 Å². The maximum atomic E-state index is 11.9. The monoisotopic (exact) mass is 241 g/mol. The van der Waals surface area contributed by atoms with Gasteiger partial charge in [0.15, 0.2) is 0 Å². The molecule has 0 aromatic heterocycles. The fraction of sp³-hybridized carbons (Fsp3) is 0.923. The fourth-order valence-electron chi connectivity index (χ4n) is 2.14. The van der Waals surface area contributed by atoms with Gasteiger partial charge in [0.05, 0.1) is 6.04 Å². The van der Waals surface area contributed by atoms with E-state index < -0.39 is 0 Å². The zero-order chi connectivity index (χ0) is 12.5. The summed E-state index contributed by atoms with van der Waals surface area (Å²) in [6.07, 6.45) is 6.82. The third kappa shape index (κ3) is 6.64. The van der Waals surface area contributed by atoms with Gasteiger partial charge in [-0.2, -0.15) is 0 Å². The molecule has 1 aliphatic rings. The minimum atomic E-state index is 0.0475. The van der Waals surface area contributed by atoms with Crippen molar-refractivity contribution in [1.82, 2.24) is 15.5 Å². The standard InChI is InChI=1S/C13H27N3O/c1-16(2)11-7-6-10-15-13(17)12-8-4-3-5-9-14-12/h12,14H,3-11H2,1-2H3,(H,15,17). The van der Waals surface area contributed by atoms with Crippen molar-refractivity contribution in [2.24, 2.45) is 0 Å². The van der Waals surface area contributed by atoms with E-state index in [0.29, 0.717) is 0 Å². The third-order valence-corrected chi connectivity index (χ3v) is 3.21. The first-order valence-corrected chi connectivity index (χ1v) is 6.86. The first kappa shape index (κ1) is 14.5. The van der Waals surface area contributed by atoms with Gasteiger partial charge in [0.1, 0.15) is 0 Å². The van der Waals surface area contributed by atoms with Crippen molar-refractivity contribution < 1.29 is 4.79 Å². The van der Waals surface area contributed by atoms with Gasteiger partial charge >= 0.3 is 0 Å². The first-order valence-electron chi connectivity index (χ1n) is 6.86. The van der Waals surface area contributed by atoms with Crippen molar-refractivity contribution >= 4 is 5.91 Å². The molecule has 0 aliphatic carbocycles. The average molecular weight is 241 g/mol. The highest BCUT2D eigenvalue weighted by molar-refractivity contribution is 5.81. The summed E-state index contributed by atoms with van der Waals surface area (Å²) in [5.41, 5.74) is 0. The Labute approximate surface area is 105 Å². The SMILES string of the molecule is CN(C)CCCCNC(=O)C1CCCCCN1. The molecule has 1 atom stereocenters. The predicted octanol–water partition coefficient (Wildman–Crippen LogP) is 0.977. The Bertz CT molecular complexity index is 211. The van der Waals surface area contributed by atoms with Crippen molar-refractivity contribution in [3.05, 3.63) is 0 Å². The Morgan fingerprint density at radius 1 is 1.29 bits per heavy atom. The molecule has 100 valence electrons. The molecular formula is C13H27N3O. The summed E-state index contributed by atoms with van der Waals surface area (Å²) in [4.78, 5) is 14.0. The molecule has 1 fully saturated rings. The van der Waals surface area contributed by atoms with Gasteiger partial charge in [-0.05, 0) is 52.9 Å². The Kier molecular flexibility index (Phi) is 7.21. The van der Waals surface area contributed by atoms with E-state index in [9.17, 15) is 4.79 Å². The molecule has 2 N–H and O–H groups in total. The summed E-state index contributed by atoms with van der Waals surface area (Å²) in [5, 5.41) is 6.35. The molecule has 1 saturated heterocycles. The van der Waals surface area contributed by atoms with Crippen LogP contribution in [0.25, 0.3) is 0 Å². The van der Waals surface area contributed by atoms with Gasteiger partial charge in [-0.1, -0.05) is 12.8 Å². The molecule has 0 radical (unpaired) electrons. The lowest BCUT2D eigenvalue weighted by molar-refractivity contribution is -0.123. The molecule has 0 aromatic rings. The smallest absolute Gasteiger partial charge is 0.237 e. The summed E-state index contributed by atoms with van der Waals surface area (Å²) < 4.78 is 0. The van der Waals surface area contributed by atoms with E-state index in [1.54, 1.807) is 0 Å². The number of carbonyl (C=O) groups is 1. The van der Waals surface area contributed by atoms with Crippen LogP contribution in [0.3, 0.4) is 0 Å². The predicted molar refractivity (Wildman–Crippen MR) is 71.1 cm³/mol. The number of nitrogens with zero attached hydrogens (tertiary/aromatic N) is 1. The Morgan fingerprint density at radius 3 is 2.88 bits per heavy atom. The molecule has 1 unspecified atom stereocenters. The van der Waals surface area contributed by atoms with Gasteiger partial charge in [-0.25, -0.2) is 0 Å². The summed E-state index contributed by atoms with van der Waals surface area (Å²) >= 11 is 0. The van der Waals surface area contributed by atoms with Crippen LogP contribution in [-0.2, 0) is 4.79 Å². The van der Waals surface area contributed by atoms with Gasteiger partial charge in [0, 0.05) is 6.54 Å². The van der Waals surface area contributed by atoms with Crippen molar-refractivity contribution in [3.63, 3.8) is 0 Å². The number of hydrogen-bond donors (Lipinski definition) is 2. The van der Waals surface area contributed by atoms with E-state index in [-0.39, 0.29) is 11.9 Å². The highest BCUT2D eigenvalue weighted by Crippen LogP contribution is 2.08. The van der Waals surface area contributed by atoms with Crippen molar-refractivity contribution in [2.45, 2.75) is 44.6 Å². The van der Waals surface area contributed by atoms with Gasteiger partial charge < -0.3 is 15.5 Å². The summed E-state index contributed by atoms with van der Waals surface area (Å²) in [5.74, 6) is 0.191. The number of carbonyl (C=O) groups excluding carboxylic acids is 1. The lowest BCUT2D eigenvalue weighted by atomic mass is 10.1.